The number of allylic oxidation sites excluding steroid dienone is 1. The molecule has 9 heavy (non-hydrogen) atoms. The summed E-state index contributed by atoms with van der Waals surface area (Å²) in [5.74, 6) is 0.869. The minimum absolute atomic E-state index is 0.231. The minimum Gasteiger partial charge on any atom is -0.371 e. The molecule has 2 fully saturated rings. The van der Waals surface area contributed by atoms with Gasteiger partial charge < -0.3 is 4.74 Å². The lowest BCUT2D eigenvalue weighted by molar-refractivity contribution is 0.102. The molecule has 50 valence electrons. The highest BCUT2D eigenvalue weighted by molar-refractivity contribution is 5.20. The van der Waals surface area contributed by atoms with Crippen LogP contribution in [0.4, 0.5) is 0 Å². The Kier molecular flexibility index (Phi) is 0.974. The van der Waals surface area contributed by atoms with Crippen molar-refractivity contribution in [3.05, 3.63) is 12.2 Å². The van der Waals surface area contributed by atoms with E-state index in [9.17, 15) is 0 Å². The van der Waals surface area contributed by atoms with E-state index >= 15 is 0 Å². The van der Waals surface area contributed by atoms with Crippen LogP contribution in [0.3, 0.4) is 0 Å². The average molecular weight is 124 g/mol. The molecule has 1 aliphatic carbocycles. The molecule has 0 aromatic carbocycles. The van der Waals surface area contributed by atoms with Crippen molar-refractivity contribution in [1.29, 1.82) is 0 Å². The first kappa shape index (κ1) is 5.48. The second-order valence-corrected chi connectivity index (χ2v) is 2.99. The third kappa shape index (κ3) is 0.645. The van der Waals surface area contributed by atoms with Gasteiger partial charge >= 0.3 is 0 Å². The molecule has 1 saturated heterocycles. The Hall–Kier alpha value is -0.300. The molecule has 0 bridgehead atoms. The van der Waals surface area contributed by atoms with Crippen LogP contribution < -0.4 is 0 Å². The van der Waals surface area contributed by atoms with Crippen LogP contribution in [0.25, 0.3) is 0 Å². The summed E-state index contributed by atoms with van der Waals surface area (Å²) in [7, 11) is 0. The van der Waals surface area contributed by atoms with Crippen molar-refractivity contribution in [1.82, 2.24) is 0 Å². The largest absolute Gasteiger partial charge is 0.371 e. The first-order valence-electron chi connectivity index (χ1n) is 3.65. The van der Waals surface area contributed by atoms with Gasteiger partial charge in [0, 0.05) is 6.61 Å². The van der Waals surface area contributed by atoms with Crippen molar-refractivity contribution in [3.8, 4) is 0 Å². The van der Waals surface area contributed by atoms with E-state index in [1.807, 2.05) is 0 Å². The molecule has 0 amide bonds. The predicted octanol–water partition coefficient (Wildman–Crippen LogP) is 1.74. The minimum atomic E-state index is 0.231. The molecule has 1 heteroatoms. The maximum atomic E-state index is 5.57. The van der Waals surface area contributed by atoms with Crippen LogP contribution in [0.2, 0.25) is 0 Å². The van der Waals surface area contributed by atoms with E-state index in [0.29, 0.717) is 0 Å². The highest BCUT2D eigenvalue weighted by atomic mass is 16.5. The van der Waals surface area contributed by atoms with Gasteiger partial charge in [0.2, 0.25) is 0 Å². The monoisotopic (exact) mass is 124 g/mol. The van der Waals surface area contributed by atoms with E-state index < -0.39 is 0 Å². The zero-order chi connectivity index (χ0) is 6.32. The zero-order valence-electron chi connectivity index (χ0n) is 5.76. The van der Waals surface area contributed by atoms with Gasteiger partial charge in [-0.05, 0) is 25.7 Å². The maximum absolute atomic E-state index is 5.57. The Bertz CT molecular complexity index is 151. The second kappa shape index (κ2) is 1.60. The zero-order valence-corrected chi connectivity index (χ0v) is 5.76. The van der Waals surface area contributed by atoms with E-state index in [-0.39, 0.29) is 5.60 Å². The third-order valence-corrected chi connectivity index (χ3v) is 2.38. The molecule has 0 N–H and O–H groups in total. The molecule has 1 heterocycles. The summed E-state index contributed by atoms with van der Waals surface area (Å²) in [6, 6.07) is 0. The molecule has 0 aromatic rings. The van der Waals surface area contributed by atoms with E-state index in [1.54, 1.807) is 0 Å². The SMILES string of the molecule is CC=CC12CC1CCO2. The van der Waals surface area contributed by atoms with Crippen molar-refractivity contribution in [2.24, 2.45) is 5.92 Å². The summed E-state index contributed by atoms with van der Waals surface area (Å²) >= 11 is 0. The maximum Gasteiger partial charge on any atom is 0.0896 e. The lowest BCUT2D eigenvalue weighted by atomic mass is 10.2. The highest BCUT2D eigenvalue weighted by Gasteiger charge is 2.56. The molecule has 2 unspecified atom stereocenters. The fraction of sp³-hybridized carbons (Fsp3) is 0.750. The highest BCUT2D eigenvalue weighted by Crippen LogP contribution is 2.54. The molecular weight excluding hydrogens is 112 g/mol. The summed E-state index contributed by atoms with van der Waals surface area (Å²) < 4.78 is 5.57. The van der Waals surface area contributed by atoms with Crippen LogP contribution in [0.5, 0.6) is 0 Å². The topological polar surface area (TPSA) is 9.23 Å². The van der Waals surface area contributed by atoms with Crippen LogP contribution in [0, 0.1) is 5.92 Å². The number of fused-ring (bicyclic) bond motifs is 1. The molecule has 1 aliphatic heterocycles. The van der Waals surface area contributed by atoms with Crippen molar-refractivity contribution in [2.75, 3.05) is 6.61 Å². The number of rotatable bonds is 1. The van der Waals surface area contributed by atoms with E-state index in [1.165, 1.54) is 12.8 Å². The second-order valence-electron chi connectivity index (χ2n) is 2.99. The Morgan fingerprint density at radius 2 is 2.56 bits per heavy atom. The molecule has 1 saturated carbocycles. The average Bonchev–Trinajstić information content (AvgIpc) is 2.37. The molecule has 0 aromatic heterocycles. The van der Waals surface area contributed by atoms with Gasteiger partial charge in [0.1, 0.15) is 0 Å². The molecule has 0 spiro atoms. The molecule has 1 nitrogen and oxygen atoms in total. The predicted molar refractivity (Wildman–Crippen MR) is 36.2 cm³/mol. The van der Waals surface area contributed by atoms with Gasteiger partial charge in [-0.2, -0.15) is 0 Å². The molecule has 2 rings (SSSR count). The van der Waals surface area contributed by atoms with Gasteiger partial charge in [0.05, 0.1) is 5.60 Å². The smallest absolute Gasteiger partial charge is 0.0896 e. The first-order chi connectivity index (χ1) is 4.37. The van der Waals surface area contributed by atoms with Gasteiger partial charge in [0.15, 0.2) is 0 Å². The molecule has 2 atom stereocenters. The quantitative estimate of drug-likeness (QED) is 0.484. The van der Waals surface area contributed by atoms with Gasteiger partial charge in [-0.15, -0.1) is 0 Å². The summed E-state index contributed by atoms with van der Waals surface area (Å²) in [4.78, 5) is 0. The number of hydrogen-bond donors (Lipinski definition) is 0. The summed E-state index contributed by atoms with van der Waals surface area (Å²) in [6.45, 7) is 3.04. The van der Waals surface area contributed by atoms with Gasteiger partial charge in [-0.1, -0.05) is 12.2 Å². The number of ether oxygens (including phenoxy) is 1. The van der Waals surface area contributed by atoms with Crippen molar-refractivity contribution < 1.29 is 4.74 Å². The Balaban J connectivity index is 2.10. The van der Waals surface area contributed by atoms with Crippen LogP contribution >= 0.6 is 0 Å². The van der Waals surface area contributed by atoms with Crippen LogP contribution in [-0.4, -0.2) is 12.2 Å². The van der Waals surface area contributed by atoms with Crippen LogP contribution in [0.15, 0.2) is 12.2 Å². The van der Waals surface area contributed by atoms with E-state index in [4.69, 9.17) is 4.74 Å². The summed E-state index contributed by atoms with van der Waals surface area (Å²) in [5.41, 5.74) is 0.231. The van der Waals surface area contributed by atoms with E-state index in [2.05, 4.69) is 19.1 Å². The first-order valence-corrected chi connectivity index (χ1v) is 3.65. The standard InChI is InChI=1S/C8H12O/c1-2-4-8-6-7(8)3-5-9-8/h2,4,7H,3,5-6H2,1H3. The third-order valence-electron chi connectivity index (χ3n) is 2.38. The Morgan fingerprint density at radius 1 is 1.67 bits per heavy atom. The van der Waals surface area contributed by atoms with Crippen molar-refractivity contribution in [3.63, 3.8) is 0 Å². The lowest BCUT2D eigenvalue weighted by Crippen LogP contribution is -2.06. The fourth-order valence-corrected chi connectivity index (χ4v) is 1.77. The summed E-state index contributed by atoms with van der Waals surface area (Å²) in [6.07, 6.45) is 6.87. The van der Waals surface area contributed by atoms with E-state index in [0.717, 1.165) is 12.5 Å². The van der Waals surface area contributed by atoms with Crippen molar-refractivity contribution >= 4 is 0 Å². The number of hydrogen-bond acceptors (Lipinski definition) is 1. The molecular formula is C8H12O. The lowest BCUT2D eigenvalue weighted by Gasteiger charge is -2.03. The van der Waals surface area contributed by atoms with Gasteiger partial charge in [0.25, 0.3) is 0 Å². The van der Waals surface area contributed by atoms with Gasteiger partial charge in [-0.25, -0.2) is 0 Å². The van der Waals surface area contributed by atoms with Crippen LogP contribution in [-0.2, 0) is 4.74 Å². The van der Waals surface area contributed by atoms with Gasteiger partial charge in [-0.3, -0.25) is 0 Å². The van der Waals surface area contributed by atoms with Crippen molar-refractivity contribution in [2.45, 2.75) is 25.4 Å². The molecule has 2 aliphatic rings. The fourth-order valence-electron chi connectivity index (χ4n) is 1.77. The Morgan fingerprint density at radius 3 is 3.00 bits per heavy atom. The summed E-state index contributed by atoms with van der Waals surface area (Å²) in [5, 5.41) is 0. The Labute approximate surface area is 55.7 Å². The van der Waals surface area contributed by atoms with Crippen LogP contribution in [0.1, 0.15) is 19.8 Å². The molecule has 0 radical (unpaired) electrons. The normalized spacial score (nSPS) is 47.9.